The molecule has 2 N–H and O–H groups in total. The third-order valence-corrected chi connectivity index (χ3v) is 4.00. The van der Waals surface area contributed by atoms with Crippen molar-refractivity contribution in [3.63, 3.8) is 0 Å². The van der Waals surface area contributed by atoms with Crippen LogP contribution in [-0.2, 0) is 6.54 Å². The number of pyridine rings is 1. The minimum atomic E-state index is -0.557. The van der Waals surface area contributed by atoms with Gasteiger partial charge in [-0.05, 0) is 36.6 Å². The summed E-state index contributed by atoms with van der Waals surface area (Å²) >= 11 is 0. The van der Waals surface area contributed by atoms with Crippen molar-refractivity contribution in [1.82, 2.24) is 15.2 Å². The molecule has 6 nitrogen and oxygen atoms in total. The number of hydrogen-bond donors (Lipinski definition) is 2. The standard InChI is InChI=1S/C18H18FN3O3/c1-20-17(24)15-8-12(16(23)21-14-6-7-14)10-22(18(15)25)9-11-2-4-13(19)5-3-11/h2-5,8,10,14H,6-7,9H2,1H3,(H,20,24)(H,21,23). The maximum atomic E-state index is 13.0. The lowest BCUT2D eigenvalue weighted by molar-refractivity contribution is 0.0950. The molecule has 1 aromatic carbocycles. The van der Waals surface area contributed by atoms with Crippen LogP contribution in [-0.4, -0.2) is 29.5 Å². The highest BCUT2D eigenvalue weighted by atomic mass is 19.1. The van der Waals surface area contributed by atoms with Crippen molar-refractivity contribution in [2.24, 2.45) is 0 Å². The van der Waals surface area contributed by atoms with E-state index >= 15 is 0 Å². The number of nitrogens with zero attached hydrogens (tertiary/aromatic N) is 1. The Kier molecular flexibility index (Phi) is 4.65. The van der Waals surface area contributed by atoms with Gasteiger partial charge in [0.15, 0.2) is 0 Å². The van der Waals surface area contributed by atoms with E-state index in [1.807, 2.05) is 0 Å². The van der Waals surface area contributed by atoms with Gasteiger partial charge in [0.1, 0.15) is 11.4 Å². The third-order valence-electron chi connectivity index (χ3n) is 4.00. The molecular formula is C18H18FN3O3. The summed E-state index contributed by atoms with van der Waals surface area (Å²) in [5.41, 5.74) is 0.318. The number of carbonyl (C=O) groups excluding carboxylic acids is 2. The van der Waals surface area contributed by atoms with Crippen LogP contribution in [0.4, 0.5) is 4.39 Å². The van der Waals surface area contributed by atoms with E-state index in [9.17, 15) is 18.8 Å². The van der Waals surface area contributed by atoms with Gasteiger partial charge in [0.2, 0.25) is 0 Å². The highest BCUT2D eigenvalue weighted by molar-refractivity contribution is 5.99. The maximum absolute atomic E-state index is 13.0. The average Bonchev–Trinajstić information content (AvgIpc) is 3.41. The summed E-state index contributed by atoms with van der Waals surface area (Å²) < 4.78 is 14.3. The van der Waals surface area contributed by atoms with Crippen molar-refractivity contribution in [3.8, 4) is 0 Å². The Morgan fingerprint density at radius 3 is 2.48 bits per heavy atom. The second kappa shape index (κ2) is 6.88. The molecule has 1 heterocycles. The number of nitrogens with one attached hydrogen (secondary N) is 2. The highest BCUT2D eigenvalue weighted by Gasteiger charge is 2.25. The Balaban J connectivity index is 1.99. The van der Waals surface area contributed by atoms with Crippen LogP contribution >= 0.6 is 0 Å². The van der Waals surface area contributed by atoms with E-state index < -0.39 is 11.5 Å². The molecule has 0 unspecified atom stereocenters. The number of halogens is 1. The van der Waals surface area contributed by atoms with Crippen LogP contribution in [0.25, 0.3) is 0 Å². The number of carbonyl (C=O) groups is 2. The maximum Gasteiger partial charge on any atom is 0.263 e. The SMILES string of the molecule is CNC(=O)c1cc(C(=O)NC2CC2)cn(Cc2ccc(F)cc2)c1=O. The van der Waals surface area contributed by atoms with E-state index in [1.54, 1.807) is 12.1 Å². The number of benzene rings is 1. The summed E-state index contributed by atoms with van der Waals surface area (Å²) in [7, 11) is 1.42. The predicted molar refractivity (Wildman–Crippen MR) is 90.1 cm³/mol. The molecule has 1 fully saturated rings. The smallest absolute Gasteiger partial charge is 0.263 e. The predicted octanol–water partition coefficient (Wildman–Crippen LogP) is 1.29. The molecule has 1 aliphatic carbocycles. The van der Waals surface area contributed by atoms with E-state index in [-0.39, 0.29) is 35.4 Å². The fraction of sp³-hybridized carbons (Fsp3) is 0.278. The molecule has 2 aromatic rings. The minimum absolute atomic E-state index is 0.104. The Labute approximate surface area is 143 Å². The zero-order chi connectivity index (χ0) is 18.0. The largest absolute Gasteiger partial charge is 0.355 e. The molecule has 0 atom stereocenters. The second-order valence-electron chi connectivity index (χ2n) is 6.03. The Hall–Kier alpha value is -2.96. The number of aromatic nitrogens is 1. The normalized spacial score (nSPS) is 13.4. The first-order valence-corrected chi connectivity index (χ1v) is 8.00. The van der Waals surface area contributed by atoms with Crippen molar-refractivity contribution < 1.29 is 14.0 Å². The van der Waals surface area contributed by atoms with Gasteiger partial charge in [-0.1, -0.05) is 12.1 Å². The first kappa shape index (κ1) is 16.9. The summed E-state index contributed by atoms with van der Waals surface area (Å²) in [6.45, 7) is 0.133. The minimum Gasteiger partial charge on any atom is -0.355 e. The van der Waals surface area contributed by atoms with Crippen molar-refractivity contribution in [2.75, 3.05) is 7.05 Å². The van der Waals surface area contributed by atoms with Gasteiger partial charge in [0.05, 0.1) is 12.1 Å². The molecule has 0 radical (unpaired) electrons. The van der Waals surface area contributed by atoms with E-state index in [1.165, 1.54) is 36.0 Å². The van der Waals surface area contributed by atoms with E-state index in [4.69, 9.17) is 0 Å². The Morgan fingerprint density at radius 1 is 1.20 bits per heavy atom. The van der Waals surface area contributed by atoms with Crippen LogP contribution < -0.4 is 16.2 Å². The molecule has 1 saturated carbocycles. The average molecular weight is 343 g/mol. The summed E-state index contributed by atoms with van der Waals surface area (Å²) in [4.78, 5) is 36.8. The summed E-state index contributed by atoms with van der Waals surface area (Å²) in [6.07, 6.45) is 3.29. The third kappa shape index (κ3) is 3.93. The summed E-state index contributed by atoms with van der Waals surface area (Å²) in [5, 5.41) is 5.24. The number of hydrogen-bond acceptors (Lipinski definition) is 3. The van der Waals surface area contributed by atoms with Crippen LogP contribution in [0.2, 0.25) is 0 Å². The molecule has 3 rings (SSSR count). The van der Waals surface area contributed by atoms with E-state index in [0.29, 0.717) is 5.56 Å². The number of amides is 2. The van der Waals surface area contributed by atoms with Gasteiger partial charge in [-0.15, -0.1) is 0 Å². The van der Waals surface area contributed by atoms with Gasteiger partial charge in [-0.3, -0.25) is 14.4 Å². The molecule has 1 aliphatic rings. The topological polar surface area (TPSA) is 80.2 Å². The molecule has 25 heavy (non-hydrogen) atoms. The first-order valence-electron chi connectivity index (χ1n) is 8.00. The van der Waals surface area contributed by atoms with E-state index in [0.717, 1.165) is 12.8 Å². The van der Waals surface area contributed by atoms with E-state index in [2.05, 4.69) is 10.6 Å². The van der Waals surface area contributed by atoms with Gasteiger partial charge in [0, 0.05) is 19.3 Å². The van der Waals surface area contributed by atoms with Crippen LogP contribution in [0.5, 0.6) is 0 Å². The van der Waals surface area contributed by atoms with Crippen LogP contribution in [0, 0.1) is 5.82 Å². The van der Waals surface area contributed by atoms with Gasteiger partial charge in [0.25, 0.3) is 17.4 Å². The quantitative estimate of drug-likeness (QED) is 0.858. The summed E-state index contributed by atoms with van der Waals surface area (Å²) in [6, 6.07) is 7.16. The lowest BCUT2D eigenvalue weighted by atomic mass is 10.1. The highest BCUT2D eigenvalue weighted by Crippen LogP contribution is 2.19. The molecule has 0 spiro atoms. The van der Waals surface area contributed by atoms with Gasteiger partial charge < -0.3 is 15.2 Å². The Morgan fingerprint density at radius 2 is 1.88 bits per heavy atom. The molecule has 1 aromatic heterocycles. The van der Waals surface area contributed by atoms with Crippen LogP contribution in [0.1, 0.15) is 39.1 Å². The fourth-order valence-electron chi connectivity index (χ4n) is 2.46. The van der Waals surface area contributed by atoms with Crippen LogP contribution in [0.15, 0.2) is 41.3 Å². The summed E-state index contributed by atoms with van der Waals surface area (Å²) in [5.74, 6) is -1.25. The fourth-order valence-corrected chi connectivity index (χ4v) is 2.46. The Bertz CT molecular complexity index is 870. The second-order valence-corrected chi connectivity index (χ2v) is 6.03. The molecule has 0 saturated heterocycles. The van der Waals surface area contributed by atoms with Crippen molar-refractivity contribution in [1.29, 1.82) is 0 Å². The van der Waals surface area contributed by atoms with Crippen molar-refractivity contribution >= 4 is 11.8 Å². The molecule has 7 heteroatoms. The van der Waals surface area contributed by atoms with Gasteiger partial charge >= 0.3 is 0 Å². The van der Waals surface area contributed by atoms with Crippen molar-refractivity contribution in [3.05, 3.63) is 69.4 Å². The number of rotatable bonds is 5. The molecule has 130 valence electrons. The monoisotopic (exact) mass is 343 g/mol. The zero-order valence-electron chi connectivity index (χ0n) is 13.7. The van der Waals surface area contributed by atoms with Gasteiger partial charge in [-0.2, -0.15) is 0 Å². The molecule has 0 aliphatic heterocycles. The molecule has 0 bridgehead atoms. The lowest BCUT2D eigenvalue weighted by Crippen LogP contribution is -2.34. The zero-order valence-corrected chi connectivity index (χ0v) is 13.7. The lowest BCUT2D eigenvalue weighted by Gasteiger charge is -2.12. The first-order chi connectivity index (χ1) is 12.0. The molecule has 2 amide bonds. The van der Waals surface area contributed by atoms with Crippen LogP contribution in [0.3, 0.4) is 0 Å². The molecular weight excluding hydrogens is 325 g/mol. The van der Waals surface area contributed by atoms with Gasteiger partial charge in [-0.25, -0.2) is 4.39 Å². The van der Waals surface area contributed by atoms with Crippen molar-refractivity contribution in [2.45, 2.75) is 25.4 Å².